The lowest BCUT2D eigenvalue weighted by atomic mass is 10.1. The summed E-state index contributed by atoms with van der Waals surface area (Å²) in [4.78, 5) is 1.76. The van der Waals surface area contributed by atoms with Crippen LogP contribution in [0.4, 0.5) is 13.2 Å². The number of furan rings is 1. The quantitative estimate of drug-likeness (QED) is 0.783. The van der Waals surface area contributed by atoms with Crippen LogP contribution >= 0.6 is 0 Å². The van der Waals surface area contributed by atoms with E-state index in [9.17, 15) is 13.2 Å². The number of alkyl halides is 3. The normalized spacial score (nSPS) is 19.8. The van der Waals surface area contributed by atoms with Crippen LogP contribution in [0.25, 0.3) is 0 Å². The molecule has 1 aliphatic rings. The lowest BCUT2D eigenvalue weighted by molar-refractivity contribution is -0.0937. The van der Waals surface area contributed by atoms with E-state index in [1.165, 1.54) is 12.3 Å². The molecule has 21 heavy (non-hydrogen) atoms. The van der Waals surface area contributed by atoms with Gasteiger partial charge in [-0.25, -0.2) is 0 Å². The Morgan fingerprint density at radius 1 is 1.10 bits per heavy atom. The monoisotopic (exact) mass is 293 g/mol. The van der Waals surface area contributed by atoms with Crippen LogP contribution in [-0.4, -0.2) is 17.6 Å². The van der Waals surface area contributed by atoms with Gasteiger partial charge in [0.05, 0.1) is 18.8 Å². The van der Waals surface area contributed by atoms with Crippen molar-refractivity contribution in [2.24, 2.45) is 0 Å². The van der Waals surface area contributed by atoms with Gasteiger partial charge in [-0.15, -0.1) is 0 Å². The van der Waals surface area contributed by atoms with Crippen LogP contribution in [0.5, 0.6) is 0 Å². The molecule has 110 valence electrons. The highest BCUT2D eigenvalue weighted by molar-refractivity contribution is 5.31. The number of nitrogens with zero attached hydrogens (tertiary/aromatic N) is 1. The van der Waals surface area contributed by atoms with Crippen LogP contribution in [0.2, 0.25) is 0 Å². The second kappa shape index (κ2) is 5.41. The number of hydrogen-bond donors (Lipinski definition) is 0. The van der Waals surface area contributed by atoms with Gasteiger partial charge in [0.25, 0.3) is 0 Å². The fourth-order valence-electron chi connectivity index (χ4n) is 2.56. The minimum absolute atomic E-state index is 0.121. The van der Waals surface area contributed by atoms with E-state index in [0.717, 1.165) is 5.56 Å². The van der Waals surface area contributed by atoms with E-state index < -0.39 is 11.7 Å². The summed E-state index contributed by atoms with van der Waals surface area (Å²) < 4.78 is 44.2. The molecule has 1 aromatic carbocycles. The van der Waals surface area contributed by atoms with Crippen LogP contribution in [-0.2, 0) is 6.54 Å². The van der Waals surface area contributed by atoms with Gasteiger partial charge in [-0.3, -0.25) is 4.90 Å². The van der Waals surface area contributed by atoms with Gasteiger partial charge >= 0.3 is 6.18 Å². The van der Waals surface area contributed by atoms with Crippen molar-refractivity contribution in [2.75, 3.05) is 6.54 Å². The fourth-order valence-corrected chi connectivity index (χ4v) is 2.56. The van der Waals surface area contributed by atoms with E-state index in [2.05, 4.69) is 0 Å². The standard InChI is InChI=1S/C16H14F3NO/c17-16(18,19)13-9-15(12-5-2-1-3-6-12)20(10-13)11-14-7-4-8-21-14/h1-9,15H,10-11H2. The predicted octanol–water partition coefficient (Wildman–Crippen LogP) is 4.33. The zero-order valence-electron chi connectivity index (χ0n) is 11.2. The summed E-state index contributed by atoms with van der Waals surface area (Å²) in [5.74, 6) is 0.660. The fraction of sp³-hybridized carbons (Fsp3) is 0.250. The molecule has 2 heterocycles. The van der Waals surface area contributed by atoms with Crippen molar-refractivity contribution in [1.29, 1.82) is 0 Å². The van der Waals surface area contributed by atoms with E-state index in [0.29, 0.717) is 12.3 Å². The van der Waals surface area contributed by atoms with Gasteiger partial charge in [0.2, 0.25) is 0 Å². The van der Waals surface area contributed by atoms with Crippen molar-refractivity contribution >= 4 is 0 Å². The zero-order chi connectivity index (χ0) is 14.9. The first-order chi connectivity index (χ1) is 10.0. The number of benzene rings is 1. The van der Waals surface area contributed by atoms with Crippen LogP contribution < -0.4 is 0 Å². The Balaban J connectivity index is 1.88. The van der Waals surface area contributed by atoms with Crippen LogP contribution in [0.3, 0.4) is 0 Å². The number of hydrogen-bond acceptors (Lipinski definition) is 2. The molecule has 1 aromatic heterocycles. The Bertz CT molecular complexity index is 617. The average molecular weight is 293 g/mol. The molecule has 1 unspecified atom stereocenters. The molecule has 0 bridgehead atoms. The second-order valence-electron chi connectivity index (χ2n) is 5.03. The van der Waals surface area contributed by atoms with Gasteiger partial charge in [-0.05, 0) is 17.7 Å². The average Bonchev–Trinajstić information content (AvgIpc) is 3.09. The molecule has 0 aliphatic carbocycles. The molecule has 0 N–H and O–H groups in total. The molecule has 0 saturated heterocycles. The van der Waals surface area contributed by atoms with Gasteiger partial charge < -0.3 is 4.42 Å². The highest BCUT2D eigenvalue weighted by atomic mass is 19.4. The van der Waals surface area contributed by atoms with Crippen molar-refractivity contribution in [3.05, 3.63) is 71.7 Å². The molecule has 0 fully saturated rings. The van der Waals surface area contributed by atoms with Gasteiger partial charge in [0.1, 0.15) is 5.76 Å². The summed E-state index contributed by atoms with van der Waals surface area (Å²) >= 11 is 0. The minimum Gasteiger partial charge on any atom is -0.468 e. The lowest BCUT2D eigenvalue weighted by Gasteiger charge is -2.23. The van der Waals surface area contributed by atoms with Gasteiger partial charge in [-0.2, -0.15) is 13.2 Å². The minimum atomic E-state index is -4.29. The summed E-state index contributed by atoms with van der Waals surface area (Å²) in [7, 11) is 0. The van der Waals surface area contributed by atoms with E-state index in [1.807, 2.05) is 30.3 Å². The van der Waals surface area contributed by atoms with Gasteiger partial charge in [0, 0.05) is 12.1 Å². The van der Waals surface area contributed by atoms with Crippen molar-refractivity contribution in [1.82, 2.24) is 4.90 Å². The van der Waals surface area contributed by atoms with E-state index in [4.69, 9.17) is 4.42 Å². The van der Waals surface area contributed by atoms with E-state index in [1.54, 1.807) is 17.0 Å². The SMILES string of the molecule is FC(F)(F)C1=CC(c2ccccc2)N(Cc2ccco2)C1. The highest BCUT2D eigenvalue weighted by Gasteiger charge is 2.40. The molecule has 1 atom stereocenters. The molecular formula is C16H14F3NO. The molecule has 2 nitrogen and oxygen atoms in total. The maximum Gasteiger partial charge on any atom is 0.413 e. The molecule has 0 radical (unpaired) electrons. The second-order valence-corrected chi connectivity index (χ2v) is 5.03. The predicted molar refractivity (Wildman–Crippen MR) is 72.4 cm³/mol. The first-order valence-electron chi connectivity index (χ1n) is 6.63. The summed E-state index contributed by atoms with van der Waals surface area (Å²) in [6.45, 7) is 0.229. The smallest absolute Gasteiger partial charge is 0.413 e. The number of rotatable bonds is 3. The molecule has 2 aromatic rings. The Morgan fingerprint density at radius 3 is 2.48 bits per heavy atom. The largest absolute Gasteiger partial charge is 0.468 e. The van der Waals surface area contributed by atoms with Gasteiger partial charge in [0.15, 0.2) is 0 Å². The highest BCUT2D eigenvalue weighted by Crippen LogP contribution is 2.38. The summed E-state index contributed by atoms with van der Waals surface area (Å²) in [5.41, 5.74) is 0.353. The first kappa shape index (κ1) is 13.9. The summed E-state index contributed by atoms with van der Waals surface area (Å²) in [5, 5.41) is 0. The third-order valence-corrected chi connectivity index (χ3v) is 3.57. The van der Waals surface area contributed by atoms with Crippen molar-refractivity contribution in [2.45, 2.75) is 18.8 Å². The first-order valence-corrected chi connectivity index (χ1v) is 6.63. The molecule has 5 heteroatoms. The van der Waals surface area contributed by atoms with Crippen molar-refractivity contribution in [3.8, 4) is 0 Å². The van der Waals surface area contributed by atoms with Crippen LogP contribution in [0, 0.1) is 0 Å². The Labute approximate surface area is 120 Å². The Kier molecular flexibility index (Phi) is 3.59. The molecular weight excluding hydrogens is 279 g/mol. The topological polar surface area (TPSA) is 16.4 Å². The summed E-state index contributed by atoms with van der Waals surface area (Å²) in [6.07, 6.45) is -1.45. The third-order valence-electron chi connectivity index (χ3n) is 3.57. The zero-order valence-corrected chi connectivity index (χ0v) is 11.2. The van der Waals surface area contributed by atoms with Crippen LogP contribution in [0.1, 0.15) is 17.4 Å². The van der Waals surface area contributed by atoms with E-state index in [-0.39, 0.29) is 12.6 Å². The Hall–Kier alpha value is -2.01. The molecule has 1 aliphatic heterocycles. The van der Waals surface area contributed by atoms with Gasteiger partial charge in [-0.1, -0.05) is 36.4 Å². The van der Waals surface area contributed by atoms with E-state index >= 15 is 0 Å². The molecule has 0 saturated carbocycles. The third kappa shape index (κ3) is 3.03. The molecule has 0 amide bonds. The molecule has 3 rings (SSSR count). The van der Waals surface area contributed by atoms with Crippen molar-refractivity contribution in [3.63, 3.8) is 0 Å². The maximum absolute atomic E-state index is 13.0. The molecule has 0 spiro atoms. The van der Waals surface area contributed by atoms with Crippen molar-refractivity contribution < 1.29 is 17.6 Å². The lowest BCUT2D eigenvalue weighted by Crippen LogP contribution is -2.26. The number of halogens is 3. The maximum atomic E-state index is 13.0. The Morgan fingerprint density at radius 2 is 1.86 bits per heavy atom. The summed E-state index contributed by atoms with van der Waals surface area (Å²) in [6, 6.07) is 12.3. The van der Waals surface area contributed by atoms with Crippen LogP contribution in [0.15, 0.2) is 64.8 Å².